The molecule has 0 spiro atoms. The summed E-state index contributed by atoms with van der Waals surface area (Å²) in [6, 6.07) is 0. The monoisotopic (exact) mass is 283 g/mol. The predicted octanol–water partition coefficient (Wildman–Crippen LogP) is 0.230. The van der Waals surface area contributed by atoms with Gasteiger partial charge in [-0.05, 0) is 24.1 Å². The van der Waals surface area contributed by atoms with Crippen LogP contribution in [0.25, 0.3) is 0 Å². The van der Waals surface area contributed by atoms with Gasteiger partial charge >= 0.3 is 0 Å². The van der Waals surface area contributed by atoms with Gasteiger partial charge in [-0.25, -0.2) is 8.42 Å². The van der Waals surface area contributed by atoms with Gasteiger partial charge in [0.05, 0.1) is 5.75 Å². The fourth-order valence-corrected chi connectivity index (χ4v) is 4.80. The number of allylic oxidation sites excluding steroid dienone is 1. The van der Waals surface area contributed by atoms with Crippen LogP contribution in [-0.2, 0) is 19.4 Å². The molecule has 16 heavy (non-hydrogen) atoms. The number of fused-ring (bicyclic) bond motifs is 1. The molecular formula is C8H7Cl2NO4S. The fourth-order valence-electron chi connectivity index (χ4n) is 1.93. The van der Waals surface area contributed by atoms with Crippen LogP contribution in [0.5, 0.6) is 0 Å². The second-order valence-electron chi connectivity index (χ2n) is 3.71. The van der Waals surface area contributed by atoms with Crippen molar-refractivity contribution in [2.75, 3.05) is 5.75 Å². The smallest absolute Gasteiger partial charge is 0.268 e. The number of amides is 1. The minimum Gasteiger partial charge on any atom is -0.287 e. The summed E-state index contributed by atoms with van der Waals surface area (Å²) in [4.78, 5) is 23.4. The first-order chi connectivity index (χ1) is 7.27. The lowest BCUT2D eigenvalue weighted by Gasteiger charge is -2.46. The standard InChI is InChI=1S/C8H7Cl2NO4S/c1-3-2-16(14,15)8-4(9)7(13)11(8)5(3)6(10)12/h4,8H,2H2,1H3/t4-,8+/m0/s1. The summed E-state index contributed by atoms with van der Waals surface area (Å²) in [7, 11) is -3.52. The van der Waals surface area contributed by atoms with E-state index in [0.29, 0.717) is 0 Å². The minimum atomic E-state index is -3.52. The fraction of sp³-hybridized carbons (Fsp3) is 0.500. The summed E-state index contributed by atoms with van der Waals surface area (Å²) < 4.78 is 23.4. The Balaban J connectivity index is 2.58. The highest BCUT2D eigenvalue weighted by Gasteiger charge is 2.58. The Labute approximate surface area is 102 Å². The highest BCUT2D eigenvalue weighted by atomic mass is 35.5. The summed E-state index contributed by atoms with van der Waals surface area (Å²) >= 11 is 11.0. The molecule has 1 fully saturated rings. The number of β-lactam (4-membered cyclic amide) rings is 1. The lowest BCUT2D eigenvalue weighted by Crippen LogP contribution is -2.67. The van der Waals surface area contributed by atoms with Crippen molar-refractivity contribution in [1.29, 1.82) is 0 Å². The van der Waals surface area contributed by atoms with Crippen molar-refractivity contribution in [1.82, 2.24) is 4.90 Å². The third-order valence-corrected chi connectivity index (χ3v) is 5.40. The van der Waals surface area contributed by atoms with E-state index in [2.05, 4.69) is 0 Å². The quantitative estimate of drug-likeness (QED) is 0.392. The highest BCUT2D eigenvalue weighted by molar-refractivity contribution is 7.92. The zero-order valence-corrected chi connectivity index (χ0v) is 10.4. The molecule has 0 aliphatic carbocycles. The van der Waals surface area contributed by atoms with Crippen molar-refractivity contribution >= 4 is 44.2 Å². The zero-order chi connectivity index (χ0) is 12.2. The number of hydrogen-bond acceptors (Lipinski definition) is 4. The molecule has 0 aromatic rings. The van der Waals surface area contributed by atoms with Crippen LogP contribution >= 0.6 is 23.2 Å². The van der Waals surface area contributed by atoms with Crippen molar-refractivity contribution in [3.63, 3.8) is 0 Å². The molecule has 2 atom stereocenters. The average molecular weight is 284 g/mol. The van der Waals surface area contributed by atoms with Crippen molar-refractivity contribution < 1.29 is 18.0 Å². The summed E-state index contributed by atoms with van der Waals surface area (Å²) in [5, 5.41) is -3.11. The number of halogens is 2. The van der Waals surface area contributed by atoms with E-state index in [1.807, 2.05) is 0 Å². The van der Waals surface area contributed by atoms with E-state index in [-0.39, 0.29) is 17.0 Å². The molecule has 0 saturated carbocycles. The first-order valence-corrected chi connectivity index (χ1v) is 6.88. The maximum atomic E-state index is 11.7. The van der Waals surface area contributed by atoms with E-state index in [1.165, 1.54) is 6.92 Å². The average Bonchev–Trinajstić information content (AvgIpc) is 2.13. The summed E-state index contributed by atoms with van der Waals surface area (Å²) in [5.74, 6) is -0.892. The van der Waals surface area contributed by atoms with E-state index in [4.69, 9.17) is 23.2 Å². The summed E-state index contributed by atoms with van der Waals surface area (Å²) in [6.07, 6.45) is 0. The molecule has 0 N–H and O–H groups in total. The Kier molecular flexibility index (Phi) is 2.56. The van der Waals surface area contributed by atoms with Crippen molar-refractivity contribution in [3.8, 4) is 0 Å². The van der Waals surface area contributed by atoms with Gasteiger partial charge in [0.25, 0.3) is 5.24 Å². The molecule has 2 rings (SSSR count). The molecular weight excluding hydrogens is 277 g/mol. The SMILES string of the molecule is CC1=C(C(=O)Cl)N2C(=O)[C@H](Cl)[C@H]2S(=O)(=O)C1. The molecule has 2 heterocycles. The molecule has 0 bridgehead atoms. The van der Waals surface area contributed by atoms with Gasteiger partial charge in [0.2, 0.25) is 5.91 Å². The van der Waals surface area contributed by atoms with Gasteiger partial charge in [-0.1, -0.05) is 0 Å². The number of alkyl halides is 1. The molecule has 5 nitrogen and oxygen atoms in total. The van der Waals surface area contributed by atoms with Crippen LogP contribution in [0.15, 0.2) is 11.3 Å². The molecule has 88 valence electrons. The molecule has 0 radical (unpaired) electrons. The van der Waals surface area contributed by atoms with Crippen LogP contribution in [0.3, 0.4) is 0 Å². The van der Waals surface area contributed by atoms with E-state index >= 15 is 0 Å². The van der Waals surface area contributed by atoms with Crippen LogP contribution < -0.4 is 0 Å². The molecule has 0 unspecified atom stereocenters. The number of carbonyl (C=O) groups excluding carboxylic acids is 2. The second-order valence-corrected chi connectivity index (χ2v) is 6.62. The maximum Gasteiger partial charge on any atom is 0.268 e. The third-order valence-electron chi connectivity index (χ3n) is 2.60. The molecule has 0 aromatic heterocycles. The number of nitrogens with zero attached hydrogens (tertiary/aromatic N) is 1. The van der Waals surface area contributed by atoms with Crippen LogP contribution in [0, 0.1) is 0 Å². The Hall–Kier alpha value is -0.590. The van der Waals surface area contributed by atoms with Crippen molar-refractivity contribution in [2.45, 2.75) is 17.7 Å². The number of hydrogen-bond donors (Lipinski definition) is 0. The van der Waals surface area contributed by atoms with E-state index in [0.717, 1.165) is 4.90 Å². The minimum absolute atomic E-state index is 0.0524. The van der Waals surface area contributed by atoms with E-state index < -0.39 is 31.7 Å². The largest absolute Gasteiger partial charge is 0.287 e. The van der Waals surface area contributed by atoms with Gasteiger partial charge in [-0.15, -0.1) is 11.6 Å². The van der Waals surface area contributed by atoms with Crippen molar-refractivity contribution in [3.05, 3.63) is 11.3 Å². The van der Waals surface area contributed by atoms with Gasteiger partial charge in [0.1, 0.15) is 11.1 Å². The first kappa shape index (κ1) is 11.9. The summed E-state index contributed by atoms with van der Waals surface area (Å²) in [6.45, 7) is 1.46. The molecule has 1 saturated heterocycles. The Morgan fingerprint density at radius 3 is 2.56 bits per heavy atom. The number of sulfone groups is 1. The van der Waals surface area contributed by atoms with E-state index in [1.54, 1.807) is 0 Å². The van der Waals surface area contributed by atoms with E-state index in [9.17, 15) is 18.0 Å². The third kappa shape index (κ3) is 1.40. The first-order valence-electron chi connectivity index (χ1n) is 4.35. The lowest BCUT2D eigenvalue weighted by atomic mass is 10.1. The van der Waals surface area contributed by atoms with Crippen molar-refractivity contribution in [2.24, 2.45) is 0 Å². The van der Waals surface area contributed by atoms with Gasteiger partial charge in [0, 0.05) is 0 Å². The van der Waals surface area contributed by atoms with Gasteiger partial charge in [0.15, 0.2) is 15.2 Å². The Bertz CT molecular complexity index is 524. The van der Waals surface area contributed by atoms with Crippen LogP contribution in [0.1, 0.15) is 6.92 Å². The summed E-state index contributed by atoms with van der Waals surface area (Å²) in [5.41, 5.74) is 0.219. The predicted molar refractivity (Wildman–Crippen MR) is 57.6 cm³/mol. The lowest BCUT2D eigenvalue weighted by molar-refractivity contribution is -0.140. The highest BCUT2D eigenvalue weighted by Crippen LogP contribution is 2.39. The van der Waals surface area contributed by atoms with Gasteiger partial charge in [-0.2, -0.15) is 0 Å². The second kappa shape index (κ2) is 3.45. The normalized spacial score (nSPS) is 32.2. The number of rotatable bonds is 1. The van der Waals surface area contributed by atoms with Gasteiger partial charge < -0.3 is 0 Å². The molecule has 8 heteroatoms. The molecule has 2 aliphatic heterocycles. The molecule has 1 amide bonds. The Morgan fingerprint density at radius 1 is 1.50 bits per heavy atom. The molecule has 2 aliphatic rings. The molecule has 0 aromatic carbocycles. The van der Waals surface area contributed by atoms with Crippen LogP contribution in [0.4, 0.5) is 0 Å². The maximum absolute atomic E-state index is 11.7. The van der Waals surface area contributed by atoms with Crippen LogP contribution in [-0.4, -0.2) is 41.0 Å². The zero-order valence-electron chi connectivity index (χ0n) is 8.11. The Morgan fingerprint density at radius 2 is 2.06 bits per heavy atom. The topological polar surface area (TPSA) is 71.5 Å². The number of carbonyl (C=O) groups is 2. The van der Waals surface area contributed by atoms with Gasteiger partial charge in [-0.3, -0.25) is 14.5 Å². The van der Waals surface area contributed by atoms with Crippen LogP contribution in [0.2, 0.25) is 0 Å².